The maximum atomic E-state index is 13.2. The van der Waals surface area contributed by atoms with Crippen LogP contribution in [0.5, 0.6) is 0 Å². The number of halogens is 1. The summed E-state index contributed by atoms with van der Waals surface area (Å²) < 4.78 is 0. The summed E-state index contributed by atoms with van der Waals surface area (Å²) in [6, 6.07) is 16.9. The molecule has 2 aromatic carbocycles. The van der Waals surface area contributed by atoms with Gasteiger partial charge in [-0.1, -0.05) is 61.0 Å². The van der Waals surface area contributed by atoms with Crippen molar-refractivity contribution in [2.45, 2.75) is 58.0 Å². The molecule has 0 radical (unpaired) electrons. The van der Waals surface area contributed by atoms with Crippen LogP contribution in [0.2, 0.25) is 5.02 Å². The summed E-state index contributed by atoms with van der Waals surface area (Å²) in [5.74, 6) is 0.882. The molecule has 2 rings (SSSR count). The Kier molecular flexibility index (Phi) is 9.25. The Balaban J connectivity index is 2.11. The van der Waals surface area contributed by atoms with Gasteiger partial charge in [-0.2, -0.15) is 0 Å². The van der Waals surface area contributed by atoms with Crippen LogP contribution in [0.15, 0.2) is 54.6 Å². The second-order valence-electron chi connectivity index (χ2n) is 8.29. The lowest BCUT2D eigenvalue weighted by Gasteiger charge is -2.33. The van der Waals surface area contributed by atoms with Gasteiger partial charge in [0.25, 0.3) is 0 Å². The monoisotopic (exact) mass is 446 g/mol. The molecule has 30 heavy (non-hydrogen) atoms. The van der Waals surface area contributed by atoms with Gasteiger partial charge >= 0.3 is 0 Å². The highest BCUT2D eigenvalue weighted by Crippen LogP contribution is 2.19. The first-order valence-corrected chi connectivity index (χ1v) is 11.7. The molecule has 2 amide bonds. The van der Waals surface area contributed by atoms with E-state index in [4.69, 9.17) is 11.6 Å². The zero-order chi connectivity index (χ0) is 22.1. The van der Waals surface area contributed by atoms with Gasteiger partial charge in [-0.15, -0.1) is 11.8 Å². The molecule has 0 aromatic heterocycles. The van der Waals surface area contributed by atoms with Crippen molar-refractivity contribution in [3.05, 3.63) is 70.7 Å². The number of nitrogens with one attached hydrogen (secondary N) is 1. The zero-order valence-corrected chi connectivity index (χ0v) is 19.7. The summed E-state index contributed by atoms with van der Waals surface area (Å²) in [6.45, 7) is 8.20. The van der Waals surface area contributed by atoms with Crippen LogP contribution in [-0.2, 0) is 21.9 Å². The summed E-state index contributed by atoms with van der Waals surface area (Å²) in [6.07, 6.45) is 0.558. The highest BCUT2D eigenvalue weighted by atomic mass is 35.5. The van der Waals surface area contributed by atoms with Gasteiger partial charge in [0.05, 0.1) is 5.75 Å². The number of benzene rings is 2. The van der Waals surface area contributed by atoms with E-state index in [9.17, 15) is 9.59 Å². The molecule has 6 heteroatoms. The first kappa shape index (κ1) is 24.3. The van der Waals surface area contributed by atoms with E-state index in [2.05, 4.69) is 5.32 Å². The molecule has 0 heterocycles. The minimum absolute atomic E-state index is 0.0336. The van der Waals surface area contributed by atoms with E-state index in [1.165, 1.54) is 0 Å². The molecule has 0 unspecified atom stereocenters. The van der Waals surface area contributed by atoms with E-state index in [0.717, 1.165) is 11.1 Å². The molecule has 0 aliphatic rings. The van der Waals surface area contributed by atoms with E-state index in [1.54, 1.807) is 16.7 Å². The van der Waals surface area contributed by atoms with Crippen LogP contribution in [0.4, 0.5) is 0 Å². The average molecular weight is 447 g/mol. The molecule has 1 atom stereocenters. The lowest BCUT2D eigenvalue weighted by molar-refractivity contribution is -0.140. The van der Waals surface area contributed by atoms with E-state index in [1.807, 2.05) is 82.3 Å². The second-order valence-corrected chi connectivity index (χ2v) is 9.71. The van der Waals surface area contributed by atoms with Gasteiger partial charge in [0, 0.05) is 22.9 Å². The summed E-state index contributed by atoms with van der Waals surface area (Å²) in [5.41, 5.74) is 1.77. The van der Waals surface area contributed by atoms with Crippen LogP contribution >= 0.6 is 23.4 Å². The number of hydrogen-bond donors (Lipinski definition) is 1. The van der Waals surface area contributed by atoms with Gasteiger partial charge in [0.1, 0.15) is 6.04 Å². The number of carbonyl (C=O) groups excluding carboxylic acids is 2. The summed E-state index contributed by atoms with van der Waals surface area (Å²) >= 11 is 7.48. The normalized spacial score (nSPS) is 12.3. The number of thioether (sulfide) groups is 1. The van der Waals surface area contributed by atoms with Gasteiger partial charge in [-0.3, -0.25) is 9.59 Å². The predicted molar refractivity (Wildman–Crippen MR) is 127 cm³/mol. The number of amides is 2. The second kappa shape index (κ2) is 11.4. The number of rotatable bonds is 9. The van der Waals surface area contributed by atoms with Crippen LogP contribution in [-0.4, -0.2) is 34.0 Å². The first-order valence-electron chi connectivity index (χ1n) is 10.2. The summed E-state index contributed by atoms with van der Waals surface area (Å²) in [5, 5.41) is 3.73. The van der Waals surface area contributed by atoms with Crippen molar-refractivity contribution >= 4 is 35.2 Å². The molecule has 4 nitrogen and oxygen atoms in total. The standard InChI is InChI=1S/C24H31ClN2O2S/c1-5-21(23(29)26-24(2,3)4)27(15-18-9-7-6-8-10-18)22(28)17-30-16-19-11-13-20(25)14-12-19/h6-14,21H,5,15-17H2,1-4H3,(H,26,29)/t21-/m0/s1. The van der Waals surface area contributed by atoms with Crippen molar-refractivity contribution in [1.82, 2.24) is 10.2 Å². The predicted octanol–water partition coefficient (Wildman–Crippen LogP) is 5.30. The molecule has 2 aromatic rings. The lowest BCUT2D eigenvalue weighted by Crippen LogP contribution is -2.53. The molecule has 0 aliphatic carbocycles. The third kappa shape index (κ3) is 8.04. The third-order valence-electron chi connectivity index (χ3n) is 4.49. The molecule has 0 fully saturated rings. The Morgan fingerprint density at radius 1 is 1.03 bits per heavy atom. The number of hydrogen-bond acceptors (Lipinski definition) is 3. The quantitative estimate of drug-likeness (QED) is 0.568. The van der Waals surface area contributed by atoms with E-state index < -0.39 is 6.04 Å². The van der Waals surface area contributed by atoms with Crippen molar-refractivity contribution in [1.29, 1.82) is 0 Å². The van der Waals surface area contributed by atoms with Gasteiger partial charge in [0.2, 0.25) is 11.8 Å². The Bertz CT molecular complexity index is 819. The van der Waals surface area contributed by atoms with Crippen LogP contribution < -0.4 is 5.32 Å². The molecule has 0 saturated heterocycles. The minimum atomic E-state index is -0.506. The molecule has 1 N–H and O–H groups in total. The van der Waals surface area contributed by atoms with Crippen LogP contribution in [0.25, 0.3) is 0 Å². The highest BCUT2D eigenvalue weighted by molar-refractivity contribution is 7.99. The SMILES string of the molecule is CC[C@@H](C(=O)NC(C)(C)C)N(Cc1ccccc1)C(=O)CSCc1ccc(Cl)cc1. The largest absolute Gasteiger partial charge is 0.350 e. The maximum Gasteiger partial charge on any atom is 0.243 e. The van der Waals surface area contributed by atoms with Gasteiger partial charge < -0.3 is 10.2 Å². The zero-order valence-electron chi connectivity index (χ0n) is 18.2. The van der Waals surface area contributed by atoms with E-state index in [-0.39, 0.29) is 17.4 Å². The van der Waals surface area contributed by atoms with E-state index in [0.29, 0.717) is 29.5 Å². The van der Waals surface area contributed by atoms with Gasteiger partial charge in [-0.25, -0.2) is 0 Å². The molecule has 162 valence electrons. The average Bonchev–Trinajstić information content (AvgIpc) is 2.68. The highest BCUT2D eigenvalue weighted by Gasteiger charge is 2.30. The van der Waals surface area contributed by atoms with Crippen LogP contribution in [0.1, 0.15) is 45.2 Å². The van der Waals surface area contributed by atoms with Crippen molar-refractivity contribution < 1.29 is 9.59 Å². The first-order chi connectivity index (χ1) is 14.2. The Morgan fingerprint density at radius 2 is 1.67 bits per heavy atom. The Hall–Kier alpha value is -1.98. The minimum Gasteiger partial charge on any atom is -0.350 e. The van der Waals surface area contributed by atoms with Crippen molar-refractivity contribution in [3.63, 3.8) is 0 Å². The smallest absolute Gasteiger partial charge is 0.243 e. The summed E-state index contributed by atoms with van der Waals surface area (Å²) in [7, 11) is 0. The fraction of sp³-hybridized carbons (Fsp3) is 0.417. The third-order valence-corrected chi connectivity index (χ3v) is 5.73. The molecule has 0 aliphatic heterocycles. The van der Waals surface area contributed by atoms with Crippen LogP contribution in [0, 0.1) is 0 Å². The van der Waals surface area contributed by atoms with Crippen molar-refractivity contribution in [2.75, 3.05) is 5.75 Å². The fourth-order valence-corrected chi connectivity index (χ4v) is 4.07. The lowest BCUT2D eigenvalue weighted by atomic mass is 10.1. The topological polar surface area (TPSA) is 49.4 Å². The number of carbonyl (C=O) groups is 2. The Morgan fingerprint density at radius 3 is 2.23 bits per heavy atom. The maximum absolute atomic E-state index is 13.2. The molecule has 0 saturated carbocycles. The van der Waals surface area contributed by atoms with Crippen molar-refractivity contribution in [2.24, 2.45) is 0 Å². The summed E-state index contributed by atoms with van der Waals surface area (Å²) in [4.78, 5) is 27.8. The molecule has 0 bridgehead atoms. The molecule has 0 spiro atoms. The number of nitrogens with zero attached hydrogens (tertiary/aromatic N) is 1. The molecular weight excluding hydrogens is 416 g/mol. The van der Waals surface area contributed by atoms with E-state index >= 15 is 0 Å². The molecular formula is C24H31ClN2O2S. The fourth-order valence-electron chi connectivity index (χ4n) is 3.07. The Labute approximate surface area is 189 Å². The van der Waals surface area contributed by atoms with Gasteiger partial charge in [0.15, 0.2) is 0 Å². The van der Waals surface area contributed by atoms with Gasteiger partial charge in [-0.05, 0) is 50.5 Å². The van der Waals surface area contributed by atoms with Crippen molar-refractivity contribution in [3.8, 4) is 0 Å². The van der Waals surface area contributed by atoms with Crippen LogP contribution in [0.3, 0.4) is 0 Å².